The Kier molecular flexibility index (Phi) is 7.89. The van der Waals surface area contributed by atoms with E-state index in [9.17, 15) is 19.1 Å². The van der Waals surface area contributed by atoms with Crippen molar-refractivity contribution in [3.8, 4) is 5.75 Å². The monoisotopic (exact) mass is 482 g/mol. The molecule has 2 amide bonds. The van der Waals surface area contributed by atoms with Crippen molar-refractivity contribution >= 4 is 33.8 Å². The van der Waals surface area contributed by atoms with E-state index in [0.717, 1.165) is 25.9 Å². The summed E-state index contributed by atoms with van der Waals surface area (Å²) in [6.45, 7) is 1.76. The van der Waals surface area contributed by atoms with E-state index in [0.29, 0.717) is 10.6 Å². The summed E-state index contributed by atoms with van der Waals surface area (Å²) in [5.41, 5.74) is 0.761. The first-order chi connectivity index (χ1) is 16.5. The van der Waals surface area contributed by atoms with E-state index < -0.39 is 17.9 Å². The van der Waals surface area contributed by atoms with Crippen LogP contribution in [0, 0.1) is 5.82 Å². The normalized spacial score (nSPS) is 16.6. The van der Waals surface area contributed by atoms with Crippen molar-refractivity contribution in [1.29, 1.82) is 0 Å². The maximum absolute atomic E-state index is 14.2. The average molecular weight is 483 g/mol. The van der Waals surface area contributed by atoms with E-state index in [1.54, 1.807) is 30.3 Å². The molecule has 2 aromatic carbocycles. The zero-order valence-electron chi connectivity index (χ0n) is 18.5. The molecule has 0 aliphatic carbocycles. The number of phenols is 1. The van der Waals surface area contributed by atoms with Crippen LogP contribution in [0.3, 0.4) is 0 Å². The SMILES string of the molecule is O=C(CNC1CCCNC1)C(c1ccc(O)cc1)N(C(=O)Nc1cccs1)c1cccc(F)c1. The van der Waals surface area contributed by atoms with Gasteiger partial charge in [0.15, 0.2) is 5.78 Å². The molecule has 1 saturated heterocycles. The minimum absolute atomic E-state index is 0.0377. The lowest BCUT2D eigenvalue weighted by Crippen LogP contribution is -2.48. The molecule has 3 aromatic rings. The maximum atomic E-state index is 14.2. The number of phenolic OH excluding ortho intramolecular Hbond substituents is 1. The van der Waals surface area contributed by atoms with E-state index in [1.807, 2.05) is 5.38 Å². The number of hydrogen-bond donors (Lipinski definition) is 4. The number of amides is 2. The third kappa shape index (κ3) is 5.99. The third-order valence-electron chi connectivity index (χ3n) is 5.69. The molecule has 178 valence electrons. The Bertz CT molecular complexity index is 1100. The van der Waals surface area contributed by atoms with Gasteiger partial charge in [-0.25, -0.2) is 9.18 Å². The van der Waals surface area contributed by atoms with Crippen LogP contribution in [0.15, 0.2) is 66.0 Å². The largest absolute Gasteiger partial charge is 0.508 e. The van der Waals surface area contributed by atoms with Crippen LogP contribution in [0.4, 0.5) is 19.9 Å². The molecule has 1 aliphatic rings. The van der Waals surface area contributed by atoms with Crippen LogP contribution in [0.25, 0.3) is 0 Å². The van der Waals surface area contributed by atoms with Gasteiger partial charge in [-0.3, -0.25) is 15.0 Å². The van der Waals surface area contributed by atoms with Crippen LogP contribution >= 0.6 is 11.3 Å². The van der Waals surface area contributed by atoms with Crippen molar-refractivity contribution in [3.05, 3.63) is 77.4 Å². The van der Waals surface area contributed by atoms with Crippen molar-refractivity contribution in [2.45, 2.75) is 24.9 Å². The van der Waals surface area contributed by atoms with Crippen molar-refractivity contribution in [2.75, 3.05) is 29.9 Å². The van der Waals surface area contributed by atoms with Gasteiger partial charge in [0, 0.05) is 18.3 Å². The molecule has 2 heterocycles. The van der Waals surface area contributed by atoms with Gasteiger partial charge in [-0.2, -0.15) is 0 Å². The molecule has 1 fully saturated rings. The topological polar surface area (TPSA) is 93.7 Å². The highest BCUT2D eigenvalue weighted by Crippen LogP contribution is 2.31. The predicted molar refractivity (Wildman–Crippen MR) is 132 cm³/mol. The zero-order valence-corrected chi connectivity index (χ0v) is 19.4. The van der Waals surface area contributed by atoms with Gasteiger partial charge in [0.25, 0.3) is 0 Å². The number of anilines is 2. The second-order valence-corrected chi connectivity index (χ2v) is 9.09. The molecular formula is C25H27FN4O3S. The van der Waals surface area contributed by atoms with E-state index >= 15 is 0 Å². The van der Waals surface area contributed by atoms with Crippen LogP contribution in [-0.4, -0.2) is 42.6 Å². The first-order valence-corrected chi connectivity index (χ1v) is 12.0. The fourth-order valence-corrected chi connectivity index (χ4v) is 4.64. The molecule has 1 aliphatic heterocycles. The molecule has 0 spiro atoms. The highest BCUT2D eigenvalue weighted by atomic mass is 32.1. The lowest BCUT2D eigenvalue weighted by Gasteiger charge is -2.32. The number of aromatic hydroxyl groups is 1. The van der Waals surface area contributed by atoms with Crippen LogP contribution < -0.4 is 20.9 Å². The zero-order chi connectivity index (χ0) is 23.9. The highest BCUT2D eigenvalue weighted by molar-refractivity contribution is 7.14. The summed E-state index contributed by atoms with van der Waals surface area (Å²) in [5.74, 6) is -0.724. The van der Waals surface area contributed by atoms with E-state index in [2.05, 4.69) is 16.0 Å². The number of nitrogens with one attached hydrogen (secondary N) is 3. The number of benzene rings is 2. The average Bonchev–Trinajstić information content (AvgIpc) is 3.35. The molecule has 9 heteroatoms. The Morgan fingerprint density at radius 1 is 1.18 bits per heavy atom. The summed E-state index contributed by atoms with van der Waals surface area (Å²) < 4.78 is 14.2. The Morgan fingerprint density at radius 3 is 2.68 bits per heavy atom. The highest BCUT2D eigenvalue weighted by Gasteiger charge is 2.33. The minimum atomic E-state index is -1.04. The number of rotatable bonds is 8. The smallest absolute Gasteiger partial charge is 0.327 e. The van der Waals surface area contributed by atoms with Crippen LogP contribution in [0.5, 0.6) is 5.75 Å². The number of carbonyl (C=O) groups is 2. The van der Waals surface area contributed by atoms with Crippen LogP contribution in [0.1, 0.15) is 24.4 Å². The summed E-state index contributed by atoms with van der Waals surface area (Å²) in [4.78, 5) is 28.4. The Balaban J connectivity index is 1.69. The fraction of sp³-hybridized carbons (Fsp3) is 0.280. The summed E-state index contributed by atoms with van der Waals surface area (Å²) in [7, 11) is 0. The van der Waals surface area contributed by atoms with Gasteiger partial charge in [0.05, 0.1) is 11.5 Å². The molecule has 0 saturated carbocycles. The van der Waals surface area contributed by atoms with Crippen molar-refractivity contribution in [1.82, 2.24) is 10.6 Å². The molecule has 7 nitrogen and oxygen atoms in total. The molecule has 0 radical (unpaired) electrons. The van der Waals surface area contributed by atoms with Crippen molar-refractivity contribution in [3.63, 3.8) is 0 Å². The van der Waals surface area contributed by atoms with Gasteiger partial charge in [0.2, 0.25) is 0 Å². The number of Topliss-reactive ketones (excluding diaryl/α,β-unsaturated/α-hetero) is 1. The van der Waals surface area contributed by atoms with Crippen molar-refractivity contribution < 1.29 is 19.1 Å². The molecule has 4 rings (SSSR count). The Hall–Kier alpha value is -3.27. The number of carbonyl (C=O) groups excluding carboxylic acids is 2. The number of ketones is 1. The number of hydrogen-bond acceptors (Lipinski definition) is 6. The molecule has 0 bridgehead atoms. The Morgan fingerprint density at radius 2 is 2.00 bits per heavy atom. The van der Waals surface area contributed by atoms with Crippen LogP contribution in [-0.2, 0) is 4.79 Å². The lowest BCUT2D eigenvalue weighted by atomic mass is 9.99. The minimum Gasteiger partial charge on any atom is -0.508 e. The first-order valence-electron chi connectivity index (χ1n) is 11.2. The van der Waals surface area contributed by atoms with Gasteiger partial charge in [-0.1, -0.05) is 18.2 Å². The molecule has 34 heavy (non-hydrogen) atoms. The van der Waals surface area contributed by atoms with Crippen molar-refractivity contribution in [2.24, 2.45) is 0 Å². The second kappa shape index (κ2) is 11.2. The van der Waals surface area contributed by atoms with Gasteiger partial charge in [-0.05, 0) is 72.8 Å². The molecule has 4 N–H and O–H groups in total. The summed E-state index contributed by atoms with van der Waals surface area (Å²) in [6, 6.07) is 13.9. The number of nitrogens with zero attached hydrogens (tertiary/aromatic N) is 1. The van der Waals surface area contributed by atoms with E-state index in [4.69, 9.17) is 0 Å². The number of urea groups is 1. The number of halogens is 1. The summed E-state index contributed by atoms with van der Waals surface area (Å²) >= 11 is 1.34. The third-order valence-corrected chi connectivity index (χ3v) is 6.48. The predicted octanol–water partition coefficient (Wildman–Crippen LogP) is 4.28. The van der Waals surface area contributed by atoms with Gasteiger partial charge in [-0.15, -0.1) is 11.3 Å². The summed E-state index contributed by atoms with van der Waals surface area (Å²) in [5, 5.41) is 21.6. The molecular weight excluding hydrogens is 455 g/mol. The first kappa shape index (κ1) is 23.9. The van der Waals surface area contributed by atoms with E-state index in [1.165, 1.54) is 46.6 Å². The molecule has 1 aromatic heterocycles. The van der Waals surface area contributed by atoms with Gasteiger partial charge in [0.1, 0.15) is 17.6 Å². The van der Waals surface area contributed by atoms with Gasteiger partial charge < -0.3 is 15.7 Å². The standard InChI is InChI=1S/C25H27FN4O3S/c26-18-4-1-6-20(14-18)30(25(33)29-23-7-3-13-34-23)24(17-8-10-21(31)11-9-17)22(32)16-28-19-5-2-12-27-15-19/h1,3-4,6-11,13-14,19,24,27-28,31H,2,5,12,15-16H2,(H,29,33). The van der Waals surface area contributed by atoms with E-state index in [-0.39, 0.29) is 29.8 Å². The maximum Gasteiger partial charge on any atom is 0.327 e. The lowest BCUT2D eigenvalue weighted by molar-refractivity contribution is -0.119. The quantitative estimate of drug-likeness (QED) is 0.385. The second-order valence-electron chi connectivity index (χ2n) is 8.14. The van der Waals surface area contributed by atoms with Crippen LogP contribution in [0.2, 0.25) is 0 Å². The molecule has 2 unspecified atom stereocenters. The van der Waals surface area contributed by atoms with Gasteiger partial charge >= 0.3 is 6.03 Å². The number of thiophene rings is 1. The number of piperidine rings is 1. The Labute approximate surface area is 201 Å². The summed E-state index contributed by atoms with van der Waals surface area (Å²) in [6.07, 6.45) is 1.97. The molecule has 2 atom stereocenters. The fourth-order valence-electron chi connectivity index (χ4n) is 4.03.